The van der Waals surface area contributed by atoms with Crippen molar-refractivity contribution in [3.8, 4) is 0 Å². The fourth-order valence-electron chi connectivity index (χ4n) is 1.60. The Morgan fingerprint density at radius 2 is 2.21 bits per heavy atom. The van der Waals surface area contributed by atoms with Gasteiger partial charge in [-0.2, -0.15) is 0 Å². The Kier molecular flexibility index (Phi) is 4.39. The van der Waals surface area contributed by atoms with Gasteiger partial charge in [-0.05, 0) is 18.8 Å². The molecule has 0 aromatic heterocycles. The molecule has 2 N–H and O–H groups in total. The second-order valence-corrected chi connectivity index (χ2v) is 4.32. The number of hydrogen-bond donors (Lipinski definition) is 1. The SMILES string of the molecule is CCC(C)CC(=O)N(CCN)C1CC1. The van der Waals surface area contributed by atoms with Crippen molar-refractivity contribution in [3.05, 3.63) is 0 Å². The number of amides is 1. The molecule has 0 spiro atoms. The molecule has 1 atom stereocenters. The molecule has 0 radical (unpaired) electrons. The standard InChI is InChI=1S/C11H22N2O/c1-3-9(2)8-11(14)13(7-6-12)10-4-5-10/h9-10H,3-8,12H2,1-2H3. The minimum atomic E-state index is 0.298. The van der Waals surface area contributed by atoms with Crippen molar-refractivity contribution in [3.63, 3.8) is 0 Å². The van der Waals surface area contributed by atoms with Gasteiger partial charge in [0.15, 0.2) is 0 Å². The van der Waals surface area contributed by atoms with Gasteiger partial charge in [0.1, 0.15) is 0 Å². The highest BCUT2D eigenvalue weighted by atomic mass is 16.2. The van der Waals surface area contributed by atoms with Gasteiger partial charge in [0, 0.05) is 25.6 Å². The Morgan fingerprint density at radius 1 is 1.57 bits per heavy atom. The van der Waals surface area contributed by atoms with E-state index in [9.17, 15) is 4.79 Å². The Hall–Kier alpha value is -0.570. The molecular formula is C11H22N2O. The third-order valence-electron chi connectivity index (χ3n) is 2.90. The van der Waals surface area contributed by atoms with E-state index < -0.39 is 0 Å². The van der Waals surface area contributed by atoms with Crippen molar-refractivity contribution in [1.29, 1.82) is 0 Å². The van der Waals surface area contributed by atoms with Gasteiger partial charge in [-0.1, -0.05) is 20.3 Å². The molecule has 3 heteroatoms. The molecule has 1 aliphatic rings. The molecule has 1 saturated carbocycles. The first kappa shape index (κ1) is 11.5. The molecule has 0 aliphatic heterocycles. The summed E-state index contributed by atoms with van der Waals surface area (Å²) in [5.74, 6) is 0.800. The fraction of sp³-hybridized carbons (Fsp3) is 0.909. The monoisotopic (exact) mass is 198 g/mol. The zero-order valence-electron chi connectivity index (χ0n) is 9.33. The summed E-state index contributed by atoms with van der Waals surface area (Å²) < 4.78 is 0. The minimum absolute atomic E-state index is 0.298. The molecule has 0 aromatic carbocycles. The van der Waals surface area contributed by atoms with E-state index >= 15 is 0 Å². The summed E-state index contributed by atoms with van der Waals surface area (Å²) in [5.41, 5.74) is 5.50. The van der Waals surface area contributed by atoms with Crippen LogP contribution in [0.25, 0.3) is 0 Å². The maximum Gasteiger partial charge on any atom is 0.223 e. The Balaban J connectivity index is 2.37. The van der Waals surface area contributed by atoms with Gasteiger partial charge in [0.2, 0.25) is 5.91 Å². The number of carbonyl (C=O) groups excluding carboxylic acids is 1. The third-order valence-corrected chi connectivity index (χ3v) is 2.90. The number of nitrogens with zero attached hydrogens (tertiary/aromatic N) is 1. The molecule has 1 unspecified atom stereocenters. The fourth-order valence-corrected chi connectivity index (χ4v) is 1.60. The van der Waals surface area contributed by atoms with E-state index in [1.807, 2.05) is 4.90 Å². The predicted octanol–water partition coefficient (Wildman–Crippen LogP) is 1.37. The smallest absolute Gasteiger partial charge is 0.223 e. The van der Waals surface area contributed by atoms with Gasteiger partial charge in [-0.15, -0.1) is 0 Å². The summed E-state index contributed by atoms with van der Waals surface area (Å²) in [6.07, 6.45) is 4.11. The van der Waals surface area contributed by atoms with Gasteiger partial charge in [-0.3, -0.25) is 4.79 Å². The summed E-state index contributed by atoms with van der Waals surface area (Å²) in [5, 5.41) is 0. The lowest BCUT2D eigenvalue weighted by Crippen LogP contribution is -2.37. The molecule has 1 fully saturated rings. The topological polar surface area (TPSA) is 46.3 Å². The van der Waals surface area contributed by atoms with E-state index in [2.05, 4.69) is 13.8 Å². The molecule has 0 heterocycles. The summed E-state index contributed by atoms with van der Waals surface area (Å²) in [6.45, 7) is 5.58. The highest BCUT2D eigenvalue weighted by molar-refractivity contribution is 5.77. The van der Waals surface area contributed by atoms with E-state index in [0.29, 0.717) is 30.8 Å². The molecule has 0 bridgehead atoms. The van der Waals surface area contributed by atoms with Crippen molar-refractivity contribution in [2.45, 2.75) is 45.6 Å². The van der Waals surface area contributed by atoms with Gasteiger partial charge in [0.25, 0.3) is 0 Å². The number of nitrogens with two attached hydrogens (primary N) is 1. The van der Waals surface area contributed by atoms with Gasteiger partial charge in [-0.25, -0.2) is 0 Å². The van der Waals surface area contributed by atoms with Crippen LogP contribution in [-0.4, -0.2) is 29.9 Å². The Labute approximate surface area is 86.6 Å². The highest BCUT2D eigenvalue weighted by Crippen LogP contribution is 2.27. The van der Waals surface area contributed by atoms with Crippen molar-refractivity contribution in [2.75, 3.05) is 13.1 Å². The lowest BCUT2D eigenvalue weighted by atomic mass is 10.0. The summed E-state index contributed by atoms with van der Waals surface area (Å²) in [7, 11) is 0. The van der Waals surface area contributed by atoms with E-state index in [1.165, 1.54) is 12.8 Å². The van der Waals surface area contributed by atoms with Crippen molar-refractivity contribution >= 4 is 5.91 Å². The lowest BCUT2D eigenvalue weighted by Gasteiger charge is -2.23. The van der Waals surface area contributed by atoms with Crippen LogP contribution in [0.4, 0.5) is 0 Å². The second kappa shape index (κ2) is 5.35. The summed E-state index contributed by atoms with van der Waals surface area (Å²) >= 11 is 0. The molecule has 3 nitrogen and oxygen atoms in total. The number of hydrogen-bond acceptors (Lipinski definition) is 2. The van der Waals surface area contributed by atoms with Gasteiger partial charge in [0.05, 0.1) is 0 Å². The summed E-state index contributed by atoms with van der Waals surface area (Å²) in [4.78, 5) is 13.8. The molecule has 14 heavy (non-hydrogen) atoms. The molecule has 1 aliphatic carbocycles. The maximum absolute atomic E-state index is 11.9. The van der Waals surface area contributed by atoms with Gasteiger partial charge >= 0.3 is 0 Å². The van der Waals surface area contributed by atoms with Crippen molar-refractivity contribution < 1.29 is 4.79 Å². The zero-order chi connectivity index (χ0) is 10.6. The van der Waals surface area contributed by atoms with Crippen LogP contribution in [0.3, 0.4) is 0 Å². The molecule has 1 amide bonds. The first-order valence-corrected chi connectivity index (χ1v) is 5.68. The molecule has 0 aromatic rings. The third kappa shape index (κ3) is 3.29. The van der Waals surface area contributed by atoms with Crippen LogP contribution in [0.5, 0.6) is 0 Å². The predicted molar refractivity (Wildman–Crippen MR) is 57.9 cm³/mol. The average Bonchev–Trinajstić information content (AvgIpc) is 2.97. The van der Waals surface area contributed by atoms with Crippen LogP contribution in [0.1, 0.15) is 39.5 Å². The van der Waals surface area contributed by atoms with Crippen LogP contribution in [0, 0.1) is 5.92 Å². The average molecular weight is 198 g/mol. The Morgan fingerprint density at radius 3 is 2.64 bits per heavy atom. The first-order valence-electron chi connectivity index (χ1n) is 5.68. The molecule has 0 saturated heterocycles. The highest BCUT2D eigenvalue weighted by Gasteiger charge is 2.31. The van der Waals surface area contributed by atoms with E-state index in [4.69, 9.17) is 5.73 Å². The zero-order valence-corrected chi connectivity index (χ0v) is 9.33. The van der Waals surface area contributed by atoms with Crippen LogP contribution in [-0.2, 0) is 4.79 Å². The Bertz CT molecular complexity index is 190. The first-order chi connectivity index (χ1) is 6.69. The normalized spacial score (nSPS) is 17.9. The number of rotatable bonds is 6. The quantitative estimate of drug-likeness (QED) is 0.700. The largest absolute Gasteiger partial charge is 0.338 e. The van der Waals surface area contributed by atoms with Crippen LogP contribution in [0.2, 0.25) is 0 Å². The molecule has 82 valence electrons. The van der Waals surface area contributed by atoms with Crippen molar-refractivity contribution in [2.24, 2.45) is 11.7 Å². The number of carbonyl (C=O) groups is 1. The van der Waals surface area contributed by atoms with Crippen molar-refractivity contribution in [1.82, 2.24) is 4.90 Å². The molecular weight excluding hydrogens is 176 g/mol. The molecule has 1 rings (SSSR count). The minimum Gasteiger partial charge on any atom is -0.338 e. The maximum atomic E-state index is 11.9. The second-order valence-electron chi connectivity index (χ2n) is 4.32. The van der Waals surface area contributed by atoms with Crippen LogP contribution >= 0.6 is 0 Å². The van der Waals surface area contributed by atoms with Gasteiger partial charge < -0.3 is 10.6 Å². The van der Waals surface area contributed by atoms with Crippen LogP contribution < -0.4 is 5.73 Å². The summed E-state index contributed by atoms with van der Waals surface area (Å²) in [6, 6.07) is 0.509. The van der Waals surface area contributed by atoms with Crippen LogP contribution in [0.15, 0.2) is 0 Å². The lowest BCUT2D eigenvalue weighted by molar-refractivity contribution is -0.132. The van der Waals surface area contributed by atoms with E-state index in [-0.39, 0.29) is 0 Å². The van der Waals surface area contributed by atoms with E-state index in [0.717, 1.165) is 13.0 Å². The van der Waals surface area contributed by atoms with E-state index in [1.54, 1.807) is 0 Å².